The fourth-order valence-electron chi connectivity index (χ4n) is 2.49. The van der Waals surface area contributed by atoms with Crippen LogP contribution in [0.2, 0.25) is 0 Å². The van der Waals surface area contributed by atoms with Crippen molar-refractivity contribution < 1.29 is 19.7 Å². The zero-order valence-corrected chi connectivity index (χ0v) is 10.6. The highest BCUT2D eigenvalue weighted by molar-refractivity contribution is 4.93. The molecule has 4 heteroatoms. The van der Waals surface area contributed by atoms with Crippen molar-refractivity contribution in [2.75, 3.05) is 7.11 Å². The Kier molecular flexibility index (Phi) is 5.18. The Hall–Kier alpha value is -0.160. The Labute approximate surface area is 97.6 Å². The van der Waals surface area contributed by atoms with Crippen molar-refractivity contribution in [2.24, 2.45) is 5.92 Å². The monoisotopic (exact) mass is 232 g/mol. The van der Waals surface area contributed by atoms with E-state index in [1.54, 1.807) is 0 Å². The molecule has 2 N–H and O–H groups in total. The summed E-state index contributed by atoms with van der Waals surface area (Å²) in [5, 5.41) is 20.0. The zero-order valence-electron chi connectivity index (χ0n) is 10.6. The molecule has 0 bridgehead atoms. The first-order valence-corrected chi connectivity index (χ1v) is 6.11. The van der Waals surface area contributed by atoms with Crippen molar-refractivity contribution in [3.63, 3.8) is 0 Å². The van der Waals surface area contributed by atoms with Crippen molar-refractivity contribution in [3.8, 4) is 0 Å². The van der Waals surface area contributed by atoms with Crippen LogP contribution in [-0.2, 0) is 9.47 Å². The summed E-state index contributed by atoms with van der Waals surface area (Å²) in [5.74, 6) is 0.308. The molecule has 1 rings (SSSR count). The number of hydrogen-bond acceptors (Lipinski definition) is 4. The third-order valence-corrected chi connectivity index (χ3v) is 3.65. The second-order valence-electron chi connectivity index (χ2n) is 4.56. The van der Waals surface area contributed by atoms with E-state index >= 15 is 0 Å². The van der Waals surface area contributed by atoms with Crippen molar-refractivity contribution in [1.82, 2.24) is 0 Å². The number of ether oxygens (including phenoxy) is 2. The van der Waals surface area contributed by atoms with Crippen LogP contribution in [0.15, 0.2) is 0 Å². The minimum Gasteiger partial charge on any atom is -0.388 e. The summed E-state index contributed by atoms with van der Waals surface area (Å²) in [6.07, 6.45) is -0.673. The minimum atomic E-state index is -0.759. The smallest absolute Gasteiger partial charge is 0.114 e. The van der Waals surface area contributed by atoms with Crippen molar-refractivity contribution in [1.29, 1.82) is 0 Å². The first kappa shape index (κ1) is 13.9. The van der Waals surface area contributed by atoms with E-state index < -0.39 is 18.3 Å². The van der Waals surface area contributed by atoms with Crippen molar-refractivity contribution in [2.45, 2.75) is 64.1 Å². The molecule has 5 atom stereocenters. The second kappa shape index (κ2) is 5.96. The van der Waals surface area contributed by atoms with Crippen LogP contribution in [0.25, 0.3) is 0 Å². The quantitative estimate of drug-likeness (QED) is 0.757. The van der Waals surface area contributed by atoms with Gasteiger partial charge < -0.3 is 19.7 Å². The molecule has 0 amide bonds. The Morgan fingerprint density at radius 1 is 1.19 bits per heavy atom. The topological polar surface area (TPSA) is 58.9 Å². The molecular formula is C12H24O4. The van der Waals surface area contributed by atoms with Gasteiger partial charge in [0.2, 0.25) is 0 Å². The molecule has 0 spiro atoms. The van der Waals surface area contributed by atoms with E-state index in [2.05, 4.69) is 13.8 Å². The summed E-state index contributed by atoms with van der Waals surface area (Å²) in [6.45, 7) is 5.99. The minimum absolute atomic E-state index is 0.238. The molecular weight excluding hydrogens is 208 g/mol. The Morgan fingerprint density at radius 2 is 1.75 bits per heavy atom. The molecule has 0 saturated carbocycles. The van der Waals surface area contributed by atoms with Gasteiger partial charge in [-0.05, 0) is 12.8 Å². The average molecular weight is 232 g/mol. The lowest BCUT2D eigenvalue weighted by Gasteiger charge is -2.43. The van der Waals surface area contributed by atoms with Gasteiger partial charge in [0.25, 0.3) is 0 Å². The largest absolute Gasteiger partial charge is 0.388 e. The first-order valence-electron chi connectivity index (χ1n) is 6.11. The lowest BCUT2D eigenvalue weighted by atomic mass is 9.85. The van der Waals surface area contributed by atoms with E-state index in [-0.39, 0.29) is 12.2 Å². The van der Waals surface area contributed by atoms with E-state index in [1.807, 2.05) is 6.92 Å². The molecule has 96 valence electrons. The van der Waals surface area contributed by atoms with E-state index in [0.29, 0.717) is 5.92 Å². The van der Waals surface area contributed by atoms with Gasteiger partial charge in [-0.25, -0.2) is 0 Å². The summed E-state index contributed by atoms with van der Waals surface area (Å²) in [5.41, 5.74) is 0. The predicted octanol–water partition coefficient (Wildman–Crippen LogP) is 0.947. The number of aliphatic hydroxyl groups excluding tert-OH is 2. The molecule has 1 saturated heterocycles. The molecule has 0 aromatic carbocycles. The maximum Gasteiger partial charge on any atom is 0.114 e. The standard InChI is InChI=1S/C12H24O4/c1-5-8(6-2)11-10(14)12(15-4)9(13)7(3)16-11/h7-14H,5-6H2,1-4H3. The third-order valence-electron chi connectivity index (χ3n) is 3.65. The molecule has 0 aromatic heterocycles. The fourth-order valence-corrected chi connectivity index (χ4v) is 2.49. The molecule has 0 aliphatic carbocycles. The zero-order chi connectivity index (χ0) is 12.3. The summed E-state index contributed by atoms with van der Waals surface area (Å²) >= 11 is 0. The summed E-state index contributed by atoms with van der Waals surface area (Å²) < 4.78 is 10.9. The highest BCUT2D eigenvalue weighted by Gasteiger charge is 2.44. The molecule has 1 fully saturated rings. The van der Waals surface area contributed by atoms with Crippen LogP contribution in [0.4, 0.5) is 0 Å². The van der Waals surface area contributed by atoms with E-state index in [9.17, 15) is 10.2 Å². The summed E-state index contributed by atoms with van der Waals surface area (Å²) in [7, 11) is 1.51. The second-order valence-corrected chi connectivity index (χ2v) is 4.56. The van der Waals surface area contributed by atoms with Crippen molar-refractivity contribution >= 4 is 0 Å². The maximum atomic E-state index is 10.1. The van der Waals surface area contributed by atoms with Crippen LogP contribution in [0.1, 0.15) is 33.6 Å². The molecule has 5 unspecified atom stereocenters. The predicted molar refractivity (Wildman–Crippen MR) is 61.2 cm³/mol. The summed E-state index contributed by atoms with van der Waals surface area (Å²) in [6, 6.07) is 0. The number of rotatable bonds is 4. The van der Waals surface area contributed by atoms with E-state index in [0.717, 1.165) is 12.8 Å². The maximum absolute atomic E-state index is 10.1. The van der Waals surface area contributed by atoms with Gasteiger partial charge in [0.1, 0.15) is 18.3 Å². The van der Waals surface area contributed by atoms with Crippen LogP contribution < -0.4 is 0 Å². The van der Waals surface area contributed by atoms with Gasteiger partial charge in [-0.2, -0.15) is 0 Å². The van der Waals surface area contributed by atoms with E-state index in [4.69, 9.17) is 9.47 Å². The molecule has 1 aliphatic heterocycles. The van der Waals surface area contributed by atoms with Crippen LogP contribution in [0.5, 0.6) is 0 Å². The summed E-state index contributed by atoms with van der Waals surface area (Å²) in [4.78, 5) is 0. The van der Waals surface area contributed by atoms with Crippen LogP contribution in [0, 0.1) is 5.92 Å². The average Bonchev–Trinajstić information content (AvgIpc) is 2.28. The number of methoxy groups -OCH3 is 1. The van der Waals surface area contributed by atoms with Crippen LogP contribution in [-0.4, -0.2) is 47.8 Å². The lowest BCUT2D eigenvalue weighted by molar-refractivity contribution is -0.236. The molecule has 0 aromatic rings. The van der Waals surface area contributed by atoms with Gasteiger partial charge in [0.15, 0.2) is 0 Å². The fraction of sp³-hybridized carbons (Fsp3) is 1.00. The van der Waals surface area contributed by atoms with E-state index in [1.165, 1.54) is 7.11 Å². The number of aliphatic hydroxyl groups is 2. The van der Waals surface area contributed by atoms with Crippen molar-refractivity contribution in [3.05, 3.63) is 0 Å². The molecule has 4 nitrogen and oxygen atoms in total. The van der Waals surface area contributed by atoms with Gasteiger partial charge >= 0.3 is 0 Å². The molecule has 0 radical (unpaired) electrons. The van der Waals surface area contributed by atoms with Crippen LogP contribution in [0.3, 0.4) is 0 Å². The Balaban J connectivity index is 2.79. The first-order chi connectivity index (χ1) is 7.56. The molecule has 1 heterocycles. The van der Waals surface area contributed by atoms with Crippen LogP contribution >= 0.6 is 0 Å². The van der Waals surface area contributed by atoms with Gasteiger partial charge in [0, 0.05) is 7.11 Å². The Bertz CT molecular complexity index is 205. The SMILES string of the molecule is CCC(CC)C1OC(C)C(O)C(OC)C1O. The Morgan fingerprint density at radius 3 is 2.19 bits per heavy atom. The van der Waals surface area contributed by atoms with Gasteiger partial charge in [0.05, 0.1) is 12.2 Å². The highest BCUT2D eigenvalue weighted by Crippen LogP contribution is 2.30. The highest BCUT2D eigenvalue weighted by atomic mass is 16.6. The number of hydrogen-bond donors (Lipinski definition) is 2. The normalized spacial score (nSPS) is 40.3. The molecule has 1 aliphatic rings. The van der Waals surface area contributed by atoms with Gasteiger partial charge in [-0.3, -0.25) is 0 Å². The third kappa shape index (κ3) is 2.56. The van der Waals surface area contributed by atoms with Gasteiger partial charge in [-0.15, -0.1) is 0 Å². The molecule has 16 heavy (non-hydrogen) atoms. The lowest BCUT2D eigenvalue weighted by Crippen LogP contribution is -2.59. The van der Waals surface area contributed by atoms with Gasteiger partial charge in [-0.1, -0.05) is 26.7 Å².